The largest absolute Gasteiger partial charge is 0.416 e. The van der Waals surface area contributed by atoms with Crippen LogP contribution in [0.1, 0.15) is 32.5 Å². The van der Waals surface area contributed by atoms with Gasteiger partial charge >= 0.3 is 6.18 Å². The maximum Gasteiger partial charge on any atom is 0.416 e. The zero-order chi connectivity index (χ0) is 15.0. The zero-order valence-corrected chi connectivity index (χ0v) is 12.6. The number of thiophene rings is 1. The molecule has 1 unspecified atom stereocenters. The molecule has 0 aliphatic carbocycles. The lowest BCUT2D eigenvalue weighted by Gasteiger charge is -2.11. The van der Waals surface area contributed by atoms with E-state index >= 15 is 0 Å². The molecular weight excluding hydrogens is 317 g/mol. The molecule has 0 saturated heterocycles. The Bertz CT molecular complexity index is 608. The predicted octanol–water partition coefficient (Wildman–Crippen LogP) is 4.64. The third kappa shape index (κ3) is 3.12. The zero-order valence-electron chi connectivity index (χ0n) is 11.0. The highest BCUT2D eigenvalue weighted by molar-refractivity contribution is 7.98. The van der Waals surface area contributed by atoms with Crippen LogP contribution in [0, 0.1) is 0 Å². The molecule has 0 bridgehead atoms. The number of aliphatic hydroxyl groups is 1. The van der Waals surface area contributed by atoms with Crippen molar-refractivity contribution in [3.8, 4) is 0 Å². The number of thioether (sulfide) groups is 1. The van der Waals surface area contributed by atoms with Crippen molar-refractivity contribution < 1.29 is 18.3 Å². The van der Waals surface area contributed by atoms with Crippen molar-refractivity contribution >= 4 is 23.1 Å². The molecule has 3 rings (SSSR count). The number of aryl methyl sites for hydroxylation is 1. The van der Waals surface area contributed by atoms with Crippen LogP contribution in [-0.4, -0.2) is 10.9 Å². The lowest BCUT2D eigenvalue weighted by molar-refractivity contribution is -0.137. The van der Waals surface area contributed by atoms with Crippen LogP contribution in [0.4, 0.5) is 13.2 Å². The SMILES string of the molecule is OC(c1ccc(C(F)(F)F)cc1)c1cc2c(s1)CCSC2. The van der Waals surface area contributed by atoms with E-state index in [9.17, 15) is 18.3 Å². The molecular formula is C15H13F3OS2. The van der Waals surface area contributed by atoms with Gasteiger partial charge in [0.15, 0.2) is 0 Å². The van der Waals surface area contributed by atoms with E-state index in [2.05, 4.69) is 0 Å². The molecule has 0 fully saturated rings. The molecule has 6 heteroatoms. The lowest BCUT2D eigenvalue weighted by atomic mass is 10.0. The molecule has 1 N–H and O–H groups in total. The first-order chi connectivity index (χ1) is 9.95. The van der Waals surface area contributed by atoms with Crippen molar-refractivity contribution in [2.24, 2.45) is 0 Å². The first-order valence-corrected chi connectivity index (χ1v) is 8.47. The minimum Gasteiger partial charge on any atom is -0.383 e. The highest BCUT2D eigenvalue weighted by Crippen LogP contribution is 2.37. The van der Waals surface area contributed by atoms with Crippen LogP contribution in [0.5, 0.6) is 0 Å². The predicted molar refractivity (Wildman–Crippen MR) is 79.7 cm³/mol. The topological polar surface area (TPSA) is 20.2 Å². The number of benzene rings is 1. The minimum absolute atomic E-state index is 0.495. The van der Waals surface area contributed by atoms with Gasteiger partial charge in [-0.15, -0.1) is 11.3 Å². The van der Waals surface area contributed by atoms with Crippen LogP contribution in [0.25, 0.3) is 0 Å². The molecule has 1 aliphatic rings. The van der Waals surface area contributed by atoms with E-state index < -0.39 is 17.8 Å². The van der Waals surface area contributed by atoms with Gasteiger partial charge in [-0.25, -0.2) is 0 Å². The van der Waals surface area contributed by atoms with E-state index in [-0.39, 0.29) is 0 Å². The summed E-state index contributed by atoms with van der Waals surface area (Å²) in [5, 5.41) is 10.4. The smallest absolute Gasteiger partial charge is 0.383 e. The van der Waals surface area contributed by atoms with E-state index in [1.807, 2.05) is 17.8 Å². The number of halogens is 3. The summed E-state index contributed by atoms with van der Waals surface area (Å²) in [4.78, 5) is 2.09. The molecule has 2 aromatic rings. The molecule has 1 aromatic heterocycles. The van der Waals surface area contributed by atoms with Crippen LogP contribution < -0.4 is 0 Å². The molecule has 2 heterocycles. The highest BCUT2D eigenvalue weighted by atomic mass is 32.2. The summed E-state index contributed by atoms with van der Waals surface area (Å²) >= 11 is 3.43. The Morgan fingerprint density at radius 1 is 1.14 bits per heavy atom. The number of hydrogen-bond donors (Lipinski definition) is 1. The van der Waals surface area contributed by atoms with Gasteiger partial charge < -0.3 is 5.11 Å². The average molecular weight is 330 g/mol. The molecule has 112 valence electrons. The van der Waals surface area contributed by atoms with E-state index in [4.69, 9.17) is 0 Å². The van der Waals surface area contributed by atoms with E-state index in [1.54, 1.807) is 11.3 Å². The summed E-state index contributed by atoms with van der Waals surface area (Å²) < 4.78 is 37.6. The Balaban J connectivity index is 1.84. The second-order valence-corrected chi connectivity index (χ2v) is 7.20. The molecule has 1 atom stereocenters. The molecule has 1 nitrogen and oxygen atoms in total. The van der Waals surface area contributed by atoms with Gasteiger partial charge in [0.05, 0.1) is 5.56 Å². The van der Waals surface area contributed by atoms with E-state index in [0.29, 0.717) is 5.56 Å². The standard InChI is InChI=1S/C15H13F3OS2/c16-15(17,18)11-3-1-9(2-4-11)14(19)13-7-10-8-20-6-5-12(10)21-13/h1-4,7,14,19H,5-6,8H2. The van der Waals surface area contributed by atoms with Crippen molar-refractivity contribution in [3.05, 3.63) is 56.8 Å². The second-order valence-electron chi connectivity index (χ2n) is 4.92. The van der Waals surface area contributed by atoms with Gasteiger partial charge in [-0.2, -0.15) is 24.9 Å². The van der Waals surface area contributed by atoms with E-state index in [1.165, 1.54) is 22.6 Å². The maximum absolute atomic E-state index is 12.5. The number of hydrogen-bond acceptors (Lipinski definition) is 3. The fourth-order valence-corrected chi connectivity index (χ4v) is 4.71. The van der Waals surface area contributed by atoms with Gasteiger partial charge in [0.25, 0.3) is 0 Å². The van der Waals surface area contributed by atoms with Crippen molar-refractivity contribution in [2.45, 2.75) is 24.5 Å². The van der Waals surface area contributed by atoms with Crippen LogP contribution in [0.3, 0.4) is 0 Å². The third-order valence-corrected chi connectivity index (χ3v) is 5.77. The van der Waals surface area contributed by atoms with Gasteiger partial charge in [0.1, 0.15) is 6.10 Å². The summed E-state index contributed by atoms with van der Waals surface area (Å²) in [5.74, 6) is 2.04. The summed E-state index contributed by atoms with van der Waals surface area (Å²) in [7, 11) is 0. The van der Waals surface area contributed by atoms with Crippen LogP contribution in [0.2, 0.25) is 0 Å². The maximum atomic E-state index is 12.5. The van der Waals surface area contributed by atoms with Crippen LogP contribution in [-0.2, 0) is 18.3 Å². The van der Waals surface area contributed by atoms with Crippen molar-refractivity contribution in [1.29, 1.82) is 0 Å². The summed E-state index contributed by atoms with van der Waals surface area (Å²) in [6.07, 6.45) is -4.19. The van der Waals surface area contributed by atoms with Crippen molar-refractivity contribution in [3.63, 3.8) is 0 Å². The fourth-order valence-electron chi connectivity index (χ4n) is 2.32. The number of rotatable bonds is 2. The van der Waals surface area contributed by atoms with Gasteiger partial charge in [-0.3, -0.25) is 0 Å². The van der Waals surface area contributed by atoms with Gasteiger partial charge in [0, 0.05) is 15.5 Å². The van der Waals surface area contributed by atoms with Crippen LogP contribution >= 0.6 is 23.1 Å². The molecule has 1 aromatic carbocycles. The Morgan fingerprint density at radius 2 is 1.86 bits per heavy atom. The first kappa shape index (κ1) is 14.9. The quantitative estimate of drug-likeness (QED) is 0.866. The summed E-state index contributed by atoms with van der Waals surface area (Å²) in [5.41, 5.74) is 1.05. The first-order valence-electron chi connectivity index (χ1n) is 6.49. The molecule has 0 spiro atoms. The third-order valence-electron chi connectivity index (χ3n) is 3.47. The Labute approximate surface area is 128 Å². The van der Waals surface area contributed by atoms with Gasteiger partial charge in [-0.05, 0) is 41.5 Å². The fraction of sp³-hybridized carbons (Fsp3) is 0.333. The van der Waals surface area contributed by atoms with Crippen LogP contribution in [0.15, 0.2) is 30.3 Å². The Kier molecular flexibility index (Phi) is 4.03. The molecule has 0 amide bonds. The number of alkyl halides is 3. The van der Waals surface area contributed by atoms with Crippen molar-refractivity contribution in [2.75, 3.05) is 5.75 Å². The highest BCUT2D eigenvalue weighted by Gasteiger charge is 2.30. The normalized spacial score (nSPS) is 16.6. The Hall–Kier alpha value is -0.980. The number of fused-ring (bicyclic) bond motifs is 1. The summed E-state index contributed by atoms with van der Waals surface area (Å²) in [6.45, 7) is 0. The molecule has 0 radical (unpaired) electrons. The molecule has 1 aliphatic heterocycles. The minimum atomic E-state index is -4.34. The summed E-state index contributed by atoms with van der Waals surface area (Å²) in [6, 6.07) is 6.71. The second kappa shape index (κ2) is 5.66. The number of aliphatic hydroxyl groups excluding tert-OH is 1. The molecule has 21 heavy (non-hydrogen) atoms. The average Bonchev–Trinajstić information content (AvgIpc) is 2.89. The molecule has 0 saturated carbocycles. The van der Waals surface area contributed by atoms with Gasteiger partial charge in [0.2, 0.25) is 0 Å². The Morgan fingerprint density at radius 3 is 2.48 bits per heavy atom. The van der Waals surface area contributed by atoms with Gasteiger partial charge in [-0.1, -0.05) is 12.1 Å². The lowest BCUT2D eigenvalue weighted by Crippen LogP contribution is -2.05. The monoisotopic (exact) mass is 330 g/mol. The van der Waals surface area contributed by atoms with E-state index in [0.717, 1.165) is 34.9 Å². The van der Waals surface area contributed by atoms with Crippen molar-refractivity contribution in [1.82, 2.24) is 0 Å².